The predicted octanol–water partition coefficient (Wildman–Crippen LogP) is 4.54. The van der Waals surface area contributed by atoms with Crippen LogP contribution in [0.4, 0.5) is 0 Å². The van der Waals surface area contributed by atoms with E-state index in [1.54, 1.807) is 17.4 Å². The zero-order valence-corrected chi connectivity index (χ0v) is 11.9. The maximum absolute atomic E-state index is 6.19. The van der Waals surface area contributed by atoms with Crippen LogP contribution in [0.2, 0.25) is 10.0 Å². The van der Waals surface area contributed by atoms with Crippen LogP contribution in [0.15, 0.2) is 23.6 Å². The summed E-state index contributed by atoms with van der Waals surface area (Å²) in [4.78, 5) is 4.68. The van der Waals surface area contributed by atoms with E-state index >= 15 is 0 Å². The van der Waals surface area contributed by atoms with E-state index in [2.05, 4.69) is 10.3 Å². The lowest BCUT2D eigenvalue weighted by Gasteiger charge is -2.05. The van der Waals surface area contributed by atoms with Crippen LogP contribution in [-0.4, -0.2) is 11.5 Å². The van der Waals surface area contributed by atoms with Crippen molar-refractivity contribution in [3.8, 4) is 11.3 Å². The molecule has 18 heavy (non-hydrogen) atoms. The number of thiazole rings is 1. The molecule has 1 aliphatic rings. The van der Waals surface area contributed by atoms with Gasteiger partial charge in [0, 0.05) is 16.0 Å². The number of hydrogen-bond acceptors (Lipinski definition) is 3. The Hall–Kier alpha value is -0.610. The smallest absolute Gasteiger partial charge is 0.110 e. The molecule has 0 bridgehead atoms. The van der Waals surface area contributed by atoms with Crippen molar-refractivity contribution in [3.63, 3.8) is 0 Å². The van der Waals surface area contributed by atoms with Gasteiger partial charge in [0.2, 0.25) is 0 Å². The minimum Gasteiger partial charge on any atom is -0.308 e. The van der Waals surface area contributed by atoms with Crippen molar-refractivity contribution >= 4 is 34.5 Å². The minimum atomic E-state index is 0.404. The molecule has 1 aromatic carbocycles. The Balaban J connectivity index is 1.94. The molecule has 5 heteroatoms. The predicted molar refractivity (Wildman–Crippen MR) is 77.5 cm³/mol. The number of nitrogens with one attached hydrogen (secondary N) is 1. The molecule has 3 rings (SSSR count). The molecule has 2 heterocycles. The van der Waals surface area contributed by atoms with Crippen LogP contribution in [0.1, 0.15) is 23.9 Å². The van der Waals surface area contributed by atoms with Gasteiger partial charge in [-0.1, -0.05) is 23.2 Å². The van der Waals surface area contributed by atoms with E-state index in [0.29, 0.717) is 16.1 Å². The molecule has 1 N–H and O–H groups in total. The molecule has 1 saturated heterocycles. The van der Waals surface area contributed by atoms with Crippen molar-refractivity contribution in [2.24, 2.45) is 0 Å². The fraction of sp³-hybridized carbons (Fsp3) is 0.308. The van der Waals surface area contributed by atoms with Crippen molar-refractivity contribution in [1.82, 2.24) is 10.3 Å². The van der Waals surface area contributed by atoms with Crippen LogP contribution in [0.3, 0.4) is 0 Å². The van der Waals surface area contributed by atoms with Gasteiger partial charge >= 0.3 is 0 Å². The van der Waals surface area contributed by atoms with Gasteiger partial charge in [-0.3, -0.25) is 0 Å². The summed E-state index contributed by atoms with van der Waals surface area (Å²) in [5, 5.41) is 8.01. The van der Waals surface area contributed by atoms with Gasteiger partial charge < -0.3 is 5.32 Å². The summed E-state index contributed by atoms with van der Waals surface area (Å²) in [6.07, 6.45) is 2.38. The largest absolute Gasteiger partial charge is 0.308 e. The number of nitrogens with zero attached hydrogens (tertiary/aromatic N) is 1. The fourth-order valence-corrected chi connectivity index (χ4v) is 3.48. The quantitative estimate of drug-likeness (QED) is 0.880. The topological polar surface area (TPSA) is 24.9 Å². The summed E-state index contributed by atoms with van der Waals surface area (Å²) in [6.45, 7) is 1.08. The van der Waals surface area contributed by atoms with Gasteiger partial charge in [-0.15, -0.1) is 11.3 Å². The first kappa shape index (κ1) is 12.4. The van der Waals surface area contributed by atoms with Crippen molar-refractivity contribution in [2.75, 3.05) is 6.54 Å². The van der Waals surface area contributed by atoms with E-state index in [0.717, 1.165) is 29.2 Å². The lowest BCUT2D eigenvalue weighted by atomic mass is 10.2. The lowest BCUT2D eigenvalue weighted by molar-refractivity contribution is 0.643. The fourth-order valence-electron chi connectivity index (χ4n) is 2.16. The molecule has 2 nitrogen and oxygen atoms in total. The maximum atomic E-state index is 6.19. The lowest BCUT2D eigenvalue weighted by Crippen LogP contribution is -2.12. The molecule has 2 aromatic rings. The summed E-state index contributed by atoms with van der Waals surface area (Å²) in [6, 6.07) is 5.87. The molecule has 94 valence electrons. The Morgan fingerprint density at radius 3 is 3.00 bits per heavy atom. The summed E-state index contributed by atoms with van der Waals surface area (Å²) < 4.78 is 0. The van der Waals surface area contributed by atoms with E-state index < -0.39 is 0 Å². The monoisotopic (exact) mass is 298 g/mol. The first-order valence-corrected chi connectivity index (χ1v) is 7.52. The van der Waals surface area contributed by atoms with Crippen LogP contribution in [0, 0.1) is 0 Å². The first-order chi connectivity index (χ1) is 8.74. The van der Waals surface area contributed by atoms with Crippen molar-refractivity contribution in [2.45, 2.75) is 18.9 Å². The normalized spacial score (nSPS) is 19.3. The first-order valence-electron chi connectivity index (χ1n) is 5.88. The molecule has 1 aliphatic heterocycles. The molecule has 0 radical (unpaired) electrons. The highest BCUT2D eigenvalue weighted by molar-refractivity contribution is 7.10. The highest BCUT2D eigenvalue weighted by Crippen LogP contribution is 2.34. The Bertz CT molecular complexity index is 562. The zero-order chi connectivity index (χ0) is 12.5. The third kappa shape index (κ3) is 2.41. The average molecular weight is 299 g/mol. The Morgan fingerprint density at radius 1 is 1.33 bits per heavy atom. The highest BCUT2D eigenvalue weighted by Gasteiger charge is 2.20. The van der Waals surface area contributed by atoms with Gasteiger partial charge in [-0.2, -0.15) is 0 Å². The van der Waals surface area contributed by atoms with Crippen LogP contribution < -0.4 is 5.32 Å². The van der Waals surface area contributed by atoms with E-state index in [-0.39, 0.29) is 0 Å². The van der Waals surface area contributed by atoms with E-state index in [1.807, 2.05) is 17.5 Å². The summed E-state index contributed by atoms with van der Waals surface area (Å²) in [5.74, 6) is 0. The van der Waals surface area contributed by atoms with Gasteiger partial charge in [-0.25, -0.2) is 4.98 Å². The third-order valence-corrected chi connectivity index (χ3v) is 4.61. The van der Waals surface area contributed by atoms with Crippen molar-refractivity contribution < 1.29 is 0 Å². The molecule has 0 aliphatic carbocycles. The molecular formula is C13H12Cl2N2S. The van der Waals surface area contributed by atoms with Crippen molar-refractivity contribution in [3.05, 3.63) is 38.6 Å². The average Bonchev–Trinajstić information content (AvgIpc) is 3.00. The van der Waals surface area contributed by atoms with Gasteiger partial charge in [0.1, 0.15) is 5.01 Å². The molecule has 1 atom stereocenters. The molecule has 0 amide bonds. The number of benzene rings is 1. The SMILES string of the molecule is Clc1ccc(Cl)c(-c2csc(C3CCCN3)n2)c1. The molecule has 0 spiro atoms. The van der Waals surface area contributed by atoms with E-state index in [1.165, 1.54) is 6.42 Å². The number of halogens is 2. The second kappa shape index (κ2) is 5.17. The Labute approximate surface area is 120 Å². The van der Waals surface area contributed by atoms with Crippen LogP contribution in [-0.2, 0) is 0 Å². The second-order valence-electron chi connectivity index (χ2n) is 4.34. The minimum absolute atomic E-state index is 0.404. The number of rotatable bonds is 2. The van der Waals surface area contributed by atoms with Crippen LogP contribution in [0.5, 0.6) is 0 Å². The molecule has 1 unspecified atom stereocenters. The van der Waals surface area contributed by atoms with Crippen LogP contribution >= 0.6 is 34.5 Å². The highest BCUT2D eigenvalue weighted by atomic mass is 35.5. The molecule has 1 aromatic heterocycles. The summed E-state index contributed by atoms with van der Waals surface area (Å²) in [7, 11) is 0. The van der Waals surface area contributed by atoms with Gasteiger partial charge in [0.25, 0.3) is 0 Å². The standard InChI is InChI=1S/C13H12Cl2N2S/c14-8-3-4-10(15)9(6-8)12-7-18-13(17-12)11-2-1-5-16-11/h3-4,6-7,11,16H,1-2,5H2. The summed E-state index contributed by atoms with van der Waals surface area (Å²) >= 11 is 13.9. The van der Waals surface area contributed by atoms with E-state index in [9.17, 15) is 0 Å². The Kier molecular flexibility index (Phi) is 3.57. The van der Waals surface area contributed by atoms with E-state index in [4.69, 9.17) is 23.2 Å². The zero-order valence-electron chi connectivity index (χ0n) is 9.62. The molecular weight excluding hydrogens is 287 g/mol. The van der Waals surface area contributed by atoms with Gasteiger partial charge in [-0.05, 0) is 37.6 Å². The van der Waals surface area contributed by atoms with Crippen molar-refractivity contribution in [1.29, 1.82) is 0 Å². The number of aromatic nitrogens is 1. The number of hydrogen-bond donors (Lipinski definition) is 1. The van der Waals surface area contributed by atoms with Crippen LogP contribution in [0.25, 0.3) is 11.3 Å². The maximum Gasteiger partial charge on any atom is 0.110 e. The summed E-state index contributed by atoms with van der Waals surface area (Å²) in [5.41, 5.74) is 1.82. The van der Waals surface area contributed by atoms with Gasteiger partial charge in [0.05, 0.1) is 16.8 Å². The third-order valence-electron chi connectivity index (χ3n) is 3.08. The van der Waals surface area contributed by atoms with Gasteiger partial charge in [0.15, 0.2) is 0 Å². The second-order valence-corrected chi connectivity index (χ2v) is 6.08. The molecule has 1 fully saturated rings. The Morgan fingerprint density at radius 2 is 2.22 bits per heavy atom. The molecule has 0 saturated carbocycles.